The fourth-order valence-corrected chi connectivity index (χ4v) is 5.81. The number of ether oxygens (including phenoxy) is 2. The molecule has 0 aliphatic carbocycles. The zero-order chi connectivity index (χ0) is 33.6. The SMILES string of the molecule is CC(C)CCCCCCCCCCCCCCCCC(=O)OC[C@H](COP(=O)(O)O)OC(=O)CCCCCCCCCC(C)C. The van der Waals surface area contributed by atoms with Crippen molar-refractivity contribution in [2.45, 2.75) is 194 Å². The Morgan fingerprint density at radius 3 is 1.20 bits per heavy atom. The van der Waals surface area contributed by atoms with Gasteiger partial charge in [-0.2, -0.15) is 0 Å². The Kier molecular flexibility index (Phi) is 29.7. The van der Waals surface area contributed by atoms with E-state index in [9.17, 15) is 14.2 Å². The van der Waals surface area contributed by atoms with Crippen LogP contribution in [-0.2, 0) is 28.2 Å². The quantitative estimate of drug-likeness (QED) is 0.0405. The molecular formula is C36H71O8P. The molecule has 0 unspecified atom stereocenters. The highest BCUT2D eigenvalue weighted by Gasteiger charge is 2.22. The lowest BCUT2D eigenvalue weighted by atomic mass is 10.0. The molecule has 0 rings (SSSR count). The maximum Gasteiger partial charge on any atom is 0.469 e. The van der Waals surface area contributed by atoms with E-state index in [4.69, 9.17) is 19.3 Å². The van der Waals surface area contributed by atoms with Crippen LogP contribution in [0.15, 0.2) is 0 Å². The lowest BCUT2D eigenvalue weighted by Gasteiger charge is -2.18. The van der Waals surface area contributed by atoms with Gasteiger partial charge in [-0.05, 0) is 24.7 Å². The number of phosphoric acid groups is 1. The molecule has 0 spiro atoms. The van der Waals surface area contributed by atoms with E-state index in [0.717, 1.165) is 50.4 Å². The summed E-state index contributed by atoms with van der Waals surface area (Å²) in [6.45, 7) is 8.28. The third kappa shape index (κ3) is 35.7. The molecule has 2 N–H and O–H groups in total. The first-order valence-electron chi connectivity index (χ1n) is 18.5. The molecule has 0 fully saturated rings. The van der Waals surface area contributed by atoms with Crippen molar-refractivity contribution in [2.24, 2.45) is 11.8 Å². The predicted octanol–water partition coefficient (Wildman–Crippen LogP) is 10.6. The summed E-state index contributed by atoms with van der Waals surface area (Å²) in [5, 5.41) is 0. The van der Waals surface area contributed by atoms with Crippen LogP contribution in [0.25, 0.3) is 0 Å². The maximum atomic E-state index is 12.3. The Morgan fingerprint density at radius 2 is 0.844 bits per heavy atom. The molecule has 8 nitrogen and oxygen atoms in total. The first kappa shape index (κ1) is 44.0. The van der Waals surface area contributed by atoms with Gasteiger partial charge < -0.3 is 19.3 Å². The lowest BCUT2D eigenvalue weighted by Crippen LogP contribution is -2.29. The van der Waals surface area contributed by atoms with Gasteiger partial charge in [0, 0.05) is 12.8 Å². The zero-order valence-electron chi connectivity index (χ0n) is 29.6. The minimum atomic E-state index is -4.74. The van der Waals surface area contributed by atoms with Gasteiger partial charge in [-0.3, -0.25) is 14.1 Å². The molecule has 0 bridgehead atoms. The largest absolute Gasteiger partial charge is 0.469 e. The van der Waals surface area contributed by atoms with Crippen LogP contribution in [0, 0.1) is 11.8 Å². The van der Waals surface area contributed by atoms with Crippen molar-refractivity contribution in [1.29, 1.82) is 0 Å². The van der Waals surface area contributed by atoms with Crippen molar-refractivity contribution in [3.63, 3.8) is 0 Å². The minimum absolute atomic E-state index is 0.215. The van der Waals surface area contributed by atoms with Crippen LogP contribution in [0.2, 0.25) is 0 Å². The van der Waals surface area contributed by atoms with E-state index in [1.165, 1.54) is 103 Å². The standard InChI is InChI=1S/C36H71O8P/c1-32(2)26-22-18-14-11-9-7-5-6-8-10-12-16-20-24-28-35(37)42-30-34(31-43-45(39,40)41)44-36(38)29-25-21-17-13-15-19-23-27-33(3)4/h32-34H,5-31H2,1-4H3,(H2,39,40,41)/t34-/m1/s1. The first-order chi connectivity index (χ1) is 21.5. The Hall–Kier alpha value is -0.950. The van der Waals surface area contributed by atoms with E-state index in [-0.39, 0.29) is 19.4 Å². The maximum absolute atomic E-state index is 12.3. The molecule has 0 radical (unpaired) electrons. The molecule has 0 aliphatic heterocycles. The summed E-state index contributed by atoms with van der Waals surface area (Å²) in [5.41, 5.74) is 0. The molecule has 0 aromatic carbocycles. The molecule has 0 heterocycles. The average molecular weight is 663 g/mol. The molecule has 1 atom stereocenters. The van der Waals surface area contributed by atoms with Crippen LogP contribution in [0.1, 0.15) is 188 Å². The Labute approximate surface area is 276 Å². The number of hydrogen-bond donors (Lipinski definition) is 2. The number of unbranched alkanes of at least 4 members (excludes halogenated alkanes) is 19. The molecule has 0 aromatic heterocycles. The van der Waals surface area contributed by atoms with Gasteiger partial charge in [0.2, 0.25) is 0 Å². The second-order valence-corrected chi connectivity index (χ2v) is 15.1. The minimum Gasteiger partial charge on any atom is -0.462 e. The number of carbonyl (C=O) groups excluding carboxylic acids is 2. The molecule has 0 saturated carbocycles. The summed E-state index contributed by atoms with van der Waals surface area (Å²) in [4.78, 5) is 42.6. The topological polar surface area (TPSA) is 119 Å². The van der Waals surface area contributed by atoms with E-state index >= 15 is 0 Å². The van der Waals surface area contributed by atoms with Gasteiger partial charge in [0.25, 0.3) is 0 Å². The summed E-state index contributed by atoms with van der Waals surface area (Å²) in [6, 6.07) is 0. The molecule has 0 amide bonds. The van der Waals surface area contributed by atoms with Crippen molar-refractivity contribution in [3.8, 4) is 0 Å². The smallest absolute Gasteiger partial charge is 0.462 e. The fourth-order valence-electron chi connectivity index (χ4n) is 5.45. The Balaban J connectivity index is 3.89. The van der Waals surface area contributed by atoms with Gasteiger partial charge in [0.15, 0.2) is 6.10 Å². The van der Waals surface area contributed by atoms with Crippen molar-refractivity contribution < 1.29 is 37.9 Å². The van der Waals surface area contributed by atoms with E-state index in [0.29, 0.717) is 6.42 Å². The molecule has 9 heteroatoms. The van der Waals surface area contributed by atoms with Crippen LogP contribution < -0.4 is 0 Å². The Bertz CT molecular complexity index is 737. The van der Waals surface area contributed by atoms with Crippen LogP contribution in [0.3, 0.4) is 0 Å². The third-order valence-corrected chi connectivity index (χ3v) is 8.72. The predicted molar refractivity (Wildman–Crippen MR) is 184 cm³/mol. The second kappa shape index (κ2) is 30.4. The normalized spacial score (nSPS) is 12.6. The molecule has 45 heavy (non-hydrogen) atoms. The highest BCUT2D eigenvalue weighted by Crippen LogP contribution is 2.36. The zero-order valence-corrected chi connectivity index (χ0v) is 30.5. The Morgan fingerprint density at radius 1 is 0.511 bits per heavy atom. The van der Waals surface area contributed by atoms with Crippen LogP contribution >= 0.6 is 7.82 Å². The summed E-state index contributed by atoms with van der Waals surface area (Å²) >= 11 is 0. The van der Waals surface area contributed by atoms with Crippen LogP contribution in [0.5, 0.6) is 0 Å². The number of hydrogen-bond acceptors (Lipinski definition) is 6. The number of rotatable bonds is 33. The fraction of sp³-hybridized carbons (Fsp3) is 0.944. The molecule has 0 aromatic rings. The van der Waals surface area contributed by atoms with Crippen molar-refractivity contribution in [3.05, 3.63) is 0 Å². The molecule has 0 aliphatic rings. The van der Waals surface area contributed by atoms with E-state index in [1.807, 2.05) is 0 Å². The van der Waals surface area contributed by atoms with Gasteiger partial charge in [0.1, 0.15) is 6.61 Å². The van der Waals surface area contributed by atoms with E-state index in [1.54, 1.807) is 0 Å². The number of esters is 2. The highest BCUT2D eigenvalue weighted by molar-refractivity contribution is 7.46. The van der Waals surface area contributed by atoms with E-state index < -0.39 is 32.5 Å². The second-order valence-electron chi connectivity index (χ2n) is 13.9. The van der Waals surface area contributed by atoms with Gasteiger partial charge in [-0.25, -0.2) is 4.57 Å². The third-order valence-electron chi connectivity index (χ3n) is 8.23. The van der Waals surface area contributed by atoms with Gasteiger partial charge in [-0.1, -0.05) is 163 Å². The van der Waals surface area contributed by atoms with E-state index in [2.05, 4.69) is 32.2 Å². The first-order valence-corrected chi connectivity index (χ1v) is 20.1. The summed E-state index contributed by atoms with van der Waals surface area (Å²) in [5.74, 6) is 0.707. The monoisotopic (exact) mass is 662 g/mol. The van der Waals surface area contributed by atoms with Crippen LogP contribution in [0.4, 0.5) is 0 Å². The summed E-state index contributed by atoms with van der Waals surface area (Å²) in [6.07, 6.45) is 27.1. The van der Waals surface area contributed by atoms with Crippen molar-refractivity contribution >= 4 is 19.8 Å². The number of carbonyl (C=O) groups is 2. The number of phosphoric ester groups is 1. The highest BCUT2D eigenvalue weighted by atomic mass is 31.2. The summed E-state index contributed by atoms with van der Waals surface area (Å²) < 4.78 is 26.2. The molecular weight excluding hydrogens is 591 g/mol. The van der Waals surface area contributed by atoms with Crippen LogP contribution in [-0.4, -0.2) is 41.0 Å². The summed E-state index contributed by atoms with van der Waals surface area (Å²) in [7, 11) is -4.74. The van der Waals surface area contributed by atoms with Crippen molar-refractivity contribution in [2.75, 3.05) is 13.2 Å². The average Bonchev–Trinajstić information content (AvgIpc) is 2.96. The van der Waals surface area contributed by atoms with Gasteiger partial charge in [0.05, 0.1) is 6.61 Å². The van der Waals surface area contributed by atoms with Gasteiger partial charge in [-0.15, -0.1) is 0 Å². The molecule has 268 valence electrons. The molecule has 0 saturated heterocycles. The van der Waals surface area contributed by atoms with Crippen molar-refractivity contribution in [1.82, 2.24) is 0 Å². The lowest BCUT2D eigenvalue weighted by molar-refractivity contribution is -0.161. The van der Waals surface area contributed by atoms with Gasteiger partial charge >= 0.3 is 19.8 Å².